The Kier molecular flexibility index (Phi) is 4.02. The highest BCUT2D eigenvalue weighted by molar-refractivity contribution is 5.67. The van der Waals surface area contributed by atoms with Crippen LogP contribution in [0.4, 0.5) is 4.79 Å². The molecular formula is C9H18N2O2. The number of amides is 1. The van der Waals surface area contributed by atoms with Gasteiger partial charge in [0.1, 0.15) is 6.10 Å². The van der Waals surface area contributed by atoms with Crippen molar-refractivity contribution < 1.29 is 9.53 Å². The van der Waals surface area contributed by atoms with E-state index in [1.54, 1.807) is 0 Å². The molecule has 1 heterocycles. The molecule has 0 saturated carbocycles. The zero-order valence-electron chi connectivity index (χ0n) is 8.30. The third-order valence-corrected chi connectivity index (χ3v) is 2.34. The van der Waals surface area contributed by atoms with Crippen LogP contribution in [0.5, 0.6) is 0 Å². The molecule has 4 nitrogen and oxygen atoms in total. The molecular weight excluding hydrogens is 168 g/mol. The average molecular weight is 186 g/mol. The van der Waals surface area contributed by atoms with E-state index in [4.69, 9.17) is 4.74 Å². The van der Waals surface area contributed by atoms with Crippen LogP contribution < -0.4 is 10.6 Å². The van der Waals surface area contributed by atoms with Crippen molar-refractivity contribution in [3.63, 3.8) is 0 Å². The first-order valence-corrected chi connectivity index (χ1v) is 4.89. The van der Waals surface area contributed by atoms with Crippen molar-refractivity contribution in [3.8, 4) is 0 Å². The molecule has 2 unspecified atom stereocenters. The van der Waals surface area contributed by atoms with Crippen molar-refractivity contribution in [3.05, 3.63) is 0 Å². The summed E-state index contributed by atoms with van der Waals surface area (Å²) >= 11 is 0. The van der Waals surface area contributed by atoms with Crippen molar-refractivity contribution in [2.24, 2.45) is 5.92 Å². The highest BCUT2D eigenvalue weighted by Crippen LogP contribution is 2.14. The molecule has 1 saturated heterocycles. The van der Waals surface area contributed by atoms with Crippen LogP contribution in [0.3, 0.4) is 0 Å². The molecule has 0 radical (unpaired) electrons. The van der Waals surface area contributed by atoms with Gasteiger partial charge in [-0.05, 0) is 25.8 Å². The van der Waals surface area contributed by atoms with Gasteiger partial charge in [0.2, 0.25) is 0 Å². The van der Waals surface area contributed by atoms with Crippen molar-refractivity contribution >= 4 is 6.09 Å². The molecule has 0 aliphatic carbocycles. The molecule has 0 spiro atoms. The summed E-state index contributed by atoms with van der Waals surface area (Å²) in [4.78, 5) is 11.1. The Morgan fingerprint density at radius 3 is 3.08 bits per heavy atom. The highest BCUT2D eigenvalue weighted by atomic mass is 16.6. The number of alkyl carbamates (subject to hydrolysis) is 1. The van der Waals surface area contributed by atoms with Crippen molar-refractivity contribution in [1.29, 1.82) is 0 Å². The molecule has 0 aromatic heterocycles. The highest BCUT2D eigenvalue weighted by Gasteiger charge is 2.24. The normalized spacial score (nSPS) is 28.2. The van der Waals surface area contributed by atoms with Crippen molar-refractivity contribution in [2.75, 3.05) is 19.6 Å². The summed E-state index contributed by atoms with van der Waals surface area (Å²) in [7, 11) is 0. The second-order valence-electron chi connectivity index (χ2n) is 3.44. The Morgan fingerprint density at radius 2 is 2.46 bits per heavy atom. The third kappa shape index (κ3) is 3.22. The smallest absolute Gasteiger partial charge is 0.407 e. The molecule has 4 heteroatoms. The van der Waals surface area contributed by atoms with Crippen LogP contribution in [0, 0.1) is 5.92 Å². The molecule has 1 amide bonds. The lowest BCUT2D eigenvalue weighted by Gasteiger charge is -2.28. The lowest BCUT2D eigenvalue weighted by atomic mass is 9.97. The first kappa shape index (κ1) is 10.3. The zero-order chi connectivity index (χ0) is 9.68. The molecule has 1 aliphatic heterocycles. The van der Waals surface area contributed by atoms with Gasteiger partial charge in [-0.25, -0.2) is 4.79 Å². The van der Waals surface area contributed by atoms with E-state index >= 15 is 0 Å². The standard InChI is InChI=1S/C9H18N2O2/c1-3-11-9(12)13-8-6-10-5-4-7(8)2/h7-8,10H,3-6H2,1-2H3,(H,11,12). The summed E-state index contributed by atoms with van der Waals surface area (Å²) in [6.45, 7) is 6.41. The van der Waals surface area contributed by atoms with Crippen LogP contribution in [0.1, 0.15) is 20.3 Å². The fraction of sp³-hybridized carbons (Fsp3) is 0.889. The van der Waals surface area contributed by atoms with Crippen LogP contribution in [0.25, 0.3) is 0 Å². The van der Waals surface area contributed by atoms with E-state index in [0.29, 0.717) is 12.5 Å². The summed E-state index contributed by atoms with van der Waals surface area (Å²) in [6.07, 6.45) is 0.799. The number of carbonyl (C=O) groups is 1. The number of rotatable bonds is 2. The monoisotopic (exact) mass is 186 g/mol. The van der Waals surface area contributed by atoms with E-state index in [1.807, 2.05) is 6.92 Å². The fourth-order valence-electron chi connectivity index (χ4n) is 1.44. The van der Waals surface area contributed by atoms with Gasteiger partial charge >= 0.3 is 6.09 Å². The molecule has 0 bridgehead atoms. The van der Waals surface area contributed by atoms with Gasteiger partial charge in [-0.1, -0.05) is 6.92 Å². The topological polar surface area (TPSA) is 50.4 Å². The van der Waals surface area contributed by atoms with Gasteiger partial charge in [-0.3, -0.25) is 0 Å². The molecule has 0 aromatic carbocycles. The number of nitrogens with one attached hydrogen (secondary N) is 2. The Balaban J connectivity index is 2.29. The van der Waals surface area contributed by atoms with Crippen LogP contribution in [-0.2, 0) is 4.74 Å². The van der Waals surface area contributed by atoms with Crippen LogP contribution >= 0.6 is 0 Å². The lowest BCUT2D eigenvalue weighted by molar-refractivity contribution is 0.0523. The van der Waals surface area contributed by atoms with E-state index in [1.165, 1.54) is 0 Å². The van der Waals surface area contributed by atoms with Crippen molar-refractivity contribution in [1.82, 2.24) is 10.6 Å². The maximum atomic E-state index is 11.1. The third-order valence-electron chi connectivity index (χ3n) is 2.34. The van der Waals surface area contributed by atoms with Crippen LogP contribution in [0.2, 0.25) is 0 Å². The minimum atomic E-state index is -0.303. The maximum absolute atomic E-state index is 11.1. The SMILES string of the molecule is CCNC(=O)OC1CNCCC1C. The molecule has 76 valence electrons. The van der Waals surface area contributed by atoms with E-state index < -0.39 is 0 Å². The van der Waals surface area contributed by atoms with Gasteiger partial charge in [0.15, 0.2) is 0 Å². The molecule has 0 aromatic rings. The molecule has 1 aliphatic rings. The first-order chi connectivity index (χ1) is 6.24. The quantitative estimate of drug-likeness (QED) is 0.668. The number of piperidine rings is 1. The first-order valence-electron chi connectivity index (χ1n) is 4.89. The number of carbonyl (C=O) groups excluding carboxylic acids is 1. The van der Waals surface area contributed by atoms with Gasteiger partial charge in [0.25, 0.3) is 0 Å². The molecule has 2 atom stereocenters. The molecule has 13 heavy (non-hydrogen) atoms. The molecule has 1 rings (SSSR count). The summed E-state index contributed by atoms with van der Waals surface area (Å²) < 4.78 is 5.23. The summed E-state index contributed by atoms with van der Waals surface area (Å²) in [5, 5.41) is 5.83. The minimum Gasteiger partial charge on any atom is -0.445 e. The van der Waals surface area contributed by atoms with Gasteiger partial charge in [0.05, 0.1) is 0 Å². The van der Waals surface area contributed by atoms with Gasteiger partial charge in [-0.15, -0.1) is 0 Å². The Bertz CT molecular complexity index is 173. The van der Waals surface area contributed by atoms with Gasteiger partial charge < -0.3 is 15.4 Å². The van der Waals surface area contributed by atoms with E-state index in [0.717, 1.165) is 19.5 Å². The summed E-state index contributed by atoms with van der Waals surface area (Å²) in [6, 6.07) is 0. The predicted octanol–water partition coefficient (Wildman–Crippen LogP) is 0.730. The number of hydrogen-bond donors (Lipinski definition) is 2. The zero-order valence-corrected chi connectivity index (χ0v) is 8.30. The molecule has 1 fully saturated rings. The second-order valence-corrected chi connectivity index (χ2v) is 3.44. The Labute approximate surface area is 79.0 Å². The fourth-order valence-corrected chi connectivity index (χ4v) is 1.44. The maximum Gasteiger partial charge on any atom is 0.407 e. The van der Waals surface area contributed by atoms with E-state index in [2.05, 4.69) is 17.6 Å². The minimum absolute atomic E-state index is 0.0281. The van der Waals surface area contributed by atoms with Crippen LogP contribution in [0.15, 0.2) is 0 Å². The Morgan fingerprint density at radius 1 is 1.69 bits per heavy atom. The summed E-state index contributed by atoms with van der Waals surface area (Å²) in [5.41, 5.74) is 0. The summed E-state index contributed by atoms with van der Waals surface area (Å²) in [5.74, 6) is 0.462. The Hall–Kier alpha value is -0.770. The molecule has 2 N–H and O–H groups in total. The number of hydrogen-bond acceptors (Lipinski definition) is 3. The van der Waals surface area contributed by atoms with E-state index in [-0.39, 0.29) is 12.2 Å². The van der Waals surface area contributed by atoms with Crippen LogP contribution in [-0.4, -0.2) is 31.8 Å². The lowest BCUT2D eigenvalue weighted by Crippen LogP contribution is -2.43. The number of ether oxygens (including phenoxy) is 1. The second kappa shape index (κ2) is 5.07. The van der Waals surface area contributed by atoms with E-state index in [9.17, 15) is 4.79 Å². The largest absolute Gasteiger partial charge is 0.445 e. The van der Waals surface area contributed by atoms with Gasteiger partial charge in [-0.2, -0.15) is 0 Å². The average Bonchev–Trinajstić information content (AvgIpc) is 2.09. The van der Waals surface area contributed by atoms with Gasteiger partial charge in [0, 0.05) is 13.1 Å². The predicted molar refractivity (Wildman–Crippen MR) is 50.6 cm³/mol. The van der Waals surface area contributed by atoms with Crippen molar-refractivity contribution in [2.45, 2.75) is 26.4 Å².